The maximum Gasteiger partial charge on any atom is 0.254 e. The third-order valence-electron chi connectivity index (χ3n) is 4.44. The quantitative estimate of drug-likeness (QED) is 0.897. The first-order chi connectivity index (χ1) is 12.0. The minimum absolute atomic E-state index is 0.112. The maximum atomic E-state index is 12.7. The molecule has 1 aromatic heterocycles. The number of amides is 2. The Balaban J connectivity index is 1.69. The number of primary amides is 1. The molecule has 0 unspecified atom stereocenters. The van der Waals surface area contributed by atoms with E-state index in [9.17, 15) is 9.59 Å². The predicted molar refractivity (Wildman–Crippen MR) is 93.0 cm³/mol. The van der Waals surface area contributed by atoms with Gasteiger partial charge in [0.15, 0.2) is 0 Å². The molecule has 0 bridgehead atoms. The number of aromatic nitrogens is 1. The Morgan fingerprint density at radius 2 is 2.00 bits per heavy atom. The smallest absolute Gasteiger partial charge is 0.254 e. The van der Waals surface area contributed by atoms with Gasteiger partial charge in [-0.25, -0.2) is 0 Å². The highest BCUT2D eigenvalue weighted by Crippen LogP contribution is 2.26. The van der Waals surface area contributed by atoms with Crippen LogP contribution in [0.1, 0.15) is 16.1 Å². The largest absolute Gasteiger partial charge is 0.493 e. The summed E-state index contributed by atoms with van der Waals surface area (Å²) in [7, 11) is 0. The Bertz CT molecular complexity index is 764. The molecule has 1 saturated heterocycles. The minimum Gasteiger partial charge on any atom is -0.493 e. The molecule has 2 atom stereocenters. The van der Waals surface area contributed by atoms with Crippen molar-refractivity contribution >= 4 is 11.8 Å². The number of nitrogens with two attached hydrogens (primary N) is 1. The van der Waals surface area contributed by atoms with E-state index in [4.69, 9.17) is 10.5 Å². The van der Waals surface area contributed by atoms with Gasteiger partial charge in [0.25, 0.3) is 5.91 Å². The van der Waals surface area contributed by atoms with Gasteiger partial charge in [-0.2, -0.15) is 0 Å². The van der Waals surface area contributed by atoms with E-state index in [0.717, 1.165) is 11.4 Å². The Kier molecular flexibility index (Phi) is 4.97. The number of pyridine rings is 1. The van der Waals surface area contributed by atoms with Crippen LogP contribution in [0, 0.1) is 18.8 Å². The molecule has 2 N–H and O–H groups in total. The topological polar surface area (TPSA) is 85.5 Å². The number of carbonyl (C=O) groups is 2. The lowest BCUT2D eigenvalue weighted by atomic mass is 9.96. The fraction of sp³-hybridized carbons (Fsp3) is 0.316. The van der Waals surface area contributed by atoms with Crippen LogP contribution >= 0.6 is 0 Å². The van der Waals surface area contributed by atoms with Crippen LogP contribution in [0.25, 0.3) is 0 Å². The maximum absolute atomic E-state index is 12.7. The molecule has 130 valence electrons. The Morgan fingerprint density at radius 3 is 2.68 bits per heavy atom. The fourth-order valence-corrected chi connectivity index (χ4v) is 3.11. The highest BCUT2D eigenvalue weighted by Gasteiger charge is 2.39. The van der Waals surface area contributed by atoms with Crippen LogP contribution in [0.2, 0.25) is 0 Å². The first kappa shape index (κ1) is 17.0. The summed E-state index contributed by atoms with van der Waals surface area (Å²) in [6.07, 6.45) is 1.61. The molecule has 25 heavy (non-hydrogen) atoms. The van der Waals surface area contributed by atoms with Crippen LogP contribution in [-0.4, -0.2) is 41.4 Å². The van der Waals surface area contributed by atoms with Crippen molar-refractivity contribution in [3.63, 3.8) is 0 Å². The van der Waals surface area contributed by atoms with Crippen LogP contribution in [0.15, 0.2) is 48.7 Å². The van der Waals surface area contributed by atoms with Gasteiger partial charge in [0.1, 0.15) is 5.75 Å². The molecule has 1 fully saturated rings. The van der Waals surface area contributed by atoms with Gasteiger partial charge in [-0.1, -0.05) is 18.2 Å². The predicted octanol–water partition coefficient (Wildman–Crippen LogP) is 1.64. The van der Waals surface area contributed by atoms with Crippen molar-refractivity contribution in [1.29, 1.82) is 0 Å². The Morgan fingerprint density at radius 1 is 1.24 bits per heavy atom. The molecule has 1 aliphatic heterocycles. The molecule has 2 aromatic rings. The molecule has 6 heteroatoms. The van der Waals surface area contributed by atoms with Crippen molar-refractivity contribution in [2.24, 2.45) is 17.6 Å². The summed E-state index contributed by atoms with van der Waals surface area (Å²) in [6.45, 7) is 2.94. The lowest BCUT2D eigenvalue weighted by molar-refractivity contribution is -0.122. The van der Waals surface area contributed by atoms with Crippen LogP contribution in [0.4, 0.5) is 0 Å². The molecule has 0 saturated carbocycles. The third kappa shape index (κ3) is 3.96. The number of rotatable bonds is 5. The van der Waals surface area contributed by atoms with Crippen molar-refractivity contribution in [2.45, 2.75) is 6.92 Å². The molecule has 1 aromatic carbocycles. The van der Waals surface area contributed by atoms with Crippen LogP contribution < -0.4 is 10.5 Å². The molecule has 0 radical (unpaired) electrons. The number of aryl methyl sites for hydroxylation is 1. The van der Waals surface area contributed by atoms with Crippen LogP contribution in [0.3, 0.4) is 0 Å². The second kappa shape index (κ2) is 7.34. The van der Waals surface area contributed by atoms with Gasteiger partial charge in [-0.3, -0.25) is 14.6 Å². The van der Waals surface area contributed by atoms with Crippen molar-refractivity contribution in [3.8, 4) is 5.75 Å². The number of ether oxygens (including phenoxy) is 1. The van der Waals surface area contributed by atoms with Gasteiger partial charge >= 0.3 is 0 Å². The van der Waals surface area contributed by atoms with E-state index in [1.54, 1.807) is 23.2 Å². The van der Waals surface area contributed by atoms with E-state index in [0.29, 0.717) is 25.3 Å². The van der Waals surface area contributed by atoms with E-state index < -0.39 is 11.8 Å². The molecular formula is C19H21N3O3. The molecule has 1 aliphatic rings. The summed E-state index contributed by atoms with van der Waals surface area (Å²) in [5, 5.41) is 0. The number of nitrogens with zero attached hydrogens (tertiary/aromatic N) is 2. The summed E-state index contributed by atoms with van der Waals surface area (Å²) in [6, 6.07) is 12.8. The number of hydrogen-bond acceptors (Lipinski definition) is 4. The monoisotopic (exact) mass is 339 g/mol. The highest BCUT2D eigenvalue weighted by molar-refractivity contribution is 5.95. The molecular weight excluding hydrogens is 318 g/mol. The molecule has 2 amide bonds. The number of carbonyl (C=O) groups excluding carboxylic acids is 2. The van der Waals surface area contributed by atoms with Gasteiger partial charge in [0.05, 0.1) is 12.5 Å². The summed E-state index contributed by atoms with van der Waals surface area (Å²) >= 11 is 0. The molecule has 3 rings (SSSR count). The minimum atomic E-state index is -0.407. The average molecular weight is 339 g/mol. The Hall–Kier alpha value is -2.89. The lowest BCUT2D eigenvalue weighted by Gasteiger charge is -2.17. The standard InChI is InChI=1S/C19H21N3O3/c1-13-9-14(7-8-21-13)19(24)22-10-15(17(11-22)18(20)23)12-25-16-5-3-2-4-6-16/h2-9,15,17H,10-12H2,1H3,(H2,20,23)/t15-,17+/m0/s1. The van der Waals surface area contributed by atoms with E-state index >= 15 is 0 Å². The van der Waals surface area contributed by atoms with Gasteiger partial charge in [0, 0.05) is 36.5 Å². The Labute approximate surface area is 146 Å². The second-order valence-corrected chi connectivity index (χ2v) is 6.29. The highest BCUT2D eigenvalue weighted by atomic mass is 16.5. The summed E-state index contributed by atoms with van der Waals surface area (Å²) in [5.41, 5.74) is 6.89. The van der Waals surface area contributed by atoms with E-state index in [1.807, 2.05) is 37.3 Å². The van der Waals surface area contributed by atoms with Gasteiger partial charge in [-0.05, 0) is 31.2 Å². The lowest BCUT2D eigenvalue weighted by Crippen LogP contribution is -2.32. The first-order valence-corrected chi connectivity index (χ1v) is 8.23. The first-order valence-electron chi connectivity index (χ1n) is 8.23. The van der Waals surface area contributed by atoms with Gasteiger partial charge in [0.2, 0.25) is 5.91 Å². The van der Waals surface area contributed by atoms with Crippen molar-refractivity contribution < 1.29 is 14.3 Å². The van der Waals surface area contributed by atoms with E-state index in [1.165, 1.54) is 0 Å². The zero-order chi connectivity index (χ0) is 17.8. The summed E-state index contributed by atoms with van der Waals surface area (Å²) in [5.74, 6) is -0.303. The zero-order valence-corrected chi connectivity index (χ0v) is 14.1. The third-order valence-corrected chi connectivity index (χ3v) is 4.44. The molecule has 6 nitrogen and oxygen atoms in total. The van der Waals surface area contributed by atoms with Crippen LogP contribution in [0.5, 0.6) is 5.75 Å². The fourth-order valence-electron chi connectivity index (χ4n) is 3.11. The van der Waals surface area contributed by atoms with Crippen LogP contribution in [-0.2, 0) is 4.79 Å². The summed E-state index contributed by atoms with van der Waals surface area (Å²) in [4.78, 5) is 30.3. The summed E-state index contributed by atoms with van der Waals surface area (Å²) < 4.78 is 5.77. The SMILES string of the molecule is Cc1cc(C(=O)N2C[C@@H](COc3ccccc3)[C@H](C(N)=O)C2)ccn1. The number of hydrogen-bond donors (Lipinski definition) is 1. The van der Waals surface area contributed by atoms with Gasteiger partial charge in [-0.15, -0.1) is 0 Å². The average Bonchev–Trinajstić information content (AvgIpc) is 3.05. The van der Waals surface area contributed by atoms with E-state index in [2.05, 4.69) is 4.98 Å². The molecule has 0 aliphatic carbocycles. The van der Waals surface area contributed by atoms with Crippen molar-refractivity contribution in [2.75, 3.05) is 19.7 Å². The van der Waals surface area contributed by atoms with E-state index in [-0.39, 0.29) is 11.8 Å². The van der Waals surface area contributed by atoms with Crippen molar-refractivity contribution in [3.05, 3.63) is 59.9 Å². The zero-order valence-electron chi connectivity index (χ0n) is 14.1. The normalized spacial score (nSPS) is 19.6. The second-order valence-electron chi connectivity index (χ2n) is 6.29. The number of benzene rings is 1. The van der Waals surface area contributed by atoms with Crippen molar-refractivity contribution in [1.82, 2.24) is 9.88 Å². The molecule has 0 spiro atoms. The number of likely N-dealkylation sites (tertiary alicyclic amines) is 1. The van der Waals surface area contributed by atoms with Gasteiger partial charge < -0.3 is 15.4 Å². The number of para-hydroxylation sites is 1. The molecule has 2 heterocycles.